The van der Waals surface area contributed by atoms with Gasteiger partial charge in [0.1, 0.15) is 5.75 Å². The maximum atomic E-state index is 10.6. The summed E-state index contributed by atoms with van der Waals surface area (Å²) in [4.78, 5) is 2.24. The standard InChI is InChI=1S/C28H37N3O4/c1-4-33-20-24(32)17-30(18-26-11-8-16-34-26)19-27-22(3)29-31(23-9-6-5-7-10-23)28(27)35-25-14-12-21(2)13-15-25/h5-7,9-10,12-15,24,26,32H,4,8,11,16-20H2,1-3H3. The van der Waals surface area contributed by atoms with Gasteiger partial charge in [-0.1, -0.05) is 35.9 Å². The number of hydrogen-bond donors (Lipinski definition) is 1. The fourth-order valence-electron chi connectivity index (χ4n) is 4.40. The first kappa shape index (κ1) is 25.4. The Morgan fingerprint density at radius 1 is 1.14 bits per heavy atom. The molecule has 188 valence electrons. The predicted octanol–water partition coefficient (Wildman–Crippen LogP) is 4.66. The Morgan fingerprint density at radius 2 is 1.91 bits per heavy atom. The number of ether oxygens (including phenoxy) is 3. The van der Waals surface area contributed by atoms with Crippen LogP contribution in [0, 0.1) is 13.8 Å². The molecule has 1 fully saturated rings. The van der Waals surface area contributed by atoms with E-state index in [1.807, 2.05) is 73.1 Å². The first-order chi connectivity index (χ1) is 17.0. The van der Waals surface area contributed by atoms with Crippen LogP contribution >= 0.6 is 0 Å². The summed E-state index contributed by atoms with van der Waals surface area (Å²) in [5.41, 5.74) is 4.01. The molecule has 1 aliphatic heterocycles. The van der Waals surface area contributed by atoms with Gasteiger partial charge >= 0.3 is 0 Å². The first-order valence-corrected chi connectivity index (χ1v) is 12.5. The van der Waals surface area contributed by atoms with Crippen molar-refractivity contribution in [1.82, 2.24) is 14.7 Å². The summed E-state index contributed by atoms with van der Waals surface area (Å²) in [5, 5.41) is 15.5. The smallest absolute Gasteiger partial charge is 0.227 e. The zero-order valence-electron chi connectivity index (χ0n) is 21.0. The van der Waals surface area contributed by atoms with E-state index in [-0.39, 0.29) is 6.10 Å². The van der Waals surface area contributed by atoms with Crippen molar-refractivity contribution in [2.45, 2.75) is 52.4 Å². The van der Waals surface area contributed by atoms with Gasteiger partial charge in [-0.25, -0.2) is 4.68 Å². The van der Waals surface area contributed by atoms with Gasteiger partial charge in [-0.15, -0.1) is 0 Å². The first-order valence-electron chi connectivity index (χ1n) is 12.5. The highest BCUT2D eigenvalue weighted by atomic mass is 16.5. The lowest BCUT2D eigenvalue weighted by atomic mass is 10.1. The SMILES string of the molecule is CCOCC(O)CN(Cc1c(C)nn(-c2ccccc2)c1Oc1ccc(C)cc1)CC1CCCO1. The summed E-state index contributed by atoms with van der Waals surface area (Å²) in [6.07, 6.45) is 1.70. The molecule has 4 rings (SSSR count). The van der Waals surface area contributed by atoms with Crippen molar-refractivity contribution in [3.63, 3.8) is 0 Å². The van der Waals surface area contributed by atoms with Gasteiger partial charge in [0.2, 0.25) is 5.88 Å². The summed E-state index contributed by atoms with van der Waals surface area (Å²) in [6, 6.07) is 18.1. The Hall–Kier alpha value is -2.71. The van der Waals surface area contributed by atoms with Crippen LogP contribution in [0.3, 0.4) is 0 Å². The number of aromatic nitrogens is 2. The van der Waals surface area contributed by atoms with Crippen molar-refractivity contribution in [3.05, 3.63) is 71.4 Å². The van der Waals surface area contributed by atoms with Crippen LogP contribution in [0.5, 0.6) is 11.6 Å². The van der Waals surface area contributed by atoms with Gasteiger partial charge in [-0.2, -0.15) is 5.10 Å². The van der Waals surface area contributed by atoms with E-state index in [0.29, 0.717) is 32.2 Å². The molecule has 3 aromatic rings. The van der Waals surface area contributed by atoms with Gasteiger partial charge in [0, 0.05) is 32.8 Å². The summed E-state index contributed by atoms with van der Waals surface area (Å²) < 4.78 is 19.7. The average Bonchev–Trinajstić information content (AvgIpc) is 3.48. The van der Waals surface area contributed by atoms with E-state index in [9.17, 15) is 5.11 Å². The van der Waals surface area contributed by atoms with Crippen molar-refractivity contribution >= 4 is 0 Å². The second-order valence-electron chi connectivity index (χ2n) is 9.17. The molecule has 2 heterocycles. The molecule has 7 heteroatoms. The highest BCUT2D eigenvalue weighted by Gasteiger charge is 2.26. The molecule has 1 N–H and O–H groups in total. The van der Waals surface area contributed by atoms with Crippen LogP contribution in [0.1, 0.15) is 36.6 Å². The molecule has 2 aromatic carbocycles. The molecule has 7 nitrogen and oxygen atoms in total. The molecule has 2 atom stereocenters. The lowest BCUT2D eigenvalue weighted by molar-refractivity contribution is 0.00498. The van der Waals surface area contributed by atoms with Gasteiger partial charge in [-0.3, -0.25) is 4.90 Å². The average molecular weight is 480 g/mol. The van der Waals surface area contributed by atoms with E-state index in [1.54, 1.807) is 0 Å². The van der Waals surface area contributed by atoms with Crippen LogP contribution < -0.4 is 4.74 Å². The molecule has 0 spiro atoms. The Labute approximate surface area is 208 Å². The largest absolute Gasteiger partial charge is 0.439 e. The second kappa shape index (κ2) is 12.3. The van der Waals surface area contributed by atoms with Gasteiger partial charge in [-0.05, 0) is 57.9 Å². The molecule has 35 heavy (non-hydrogen) atoms. The van der Waals surface area contributed by atoms with E-state index >= 15 is 0 Å². The zero-order valence-corrected chi connectivity index (χ0v) is 21.0. The Balaban J connectivity index is 1.65. The number of benzene rings is 2. The zero-order chi connectivity index (χ0) is 24.6. The molecule has 1 aliphatic rings. The lowest BCUT2D eigenvalue weighted by Gasteiger charge is -2.27. The number of nitrogens with zero attached hydrogens (tertiary/aromatic N) is 3. The minimum absolute atomic E-state index is 0.167. The summed E-state index contributed by atoms with van der Waals surface area (Å²) in [6.45, 7) is 9.51. The minimum Gasteiger partial charge on any atom is -0.439 e. The van der Waals surface area contributed by atoms with Gasteiger partial charge in [0.25, 0.3) is 0 Å². The monoisotopic (exact) mass is 479 g/mol. The van der Waals surface area contributed by atoms with Crippen LogP contribution in [0.15, 0.2) is 54.6 Å². The van der Waals surface area contributed by atoms with E-state index < -0.39 is 6.10 Å². The normalized spacial score (nSPS) is 16.7. The number of hydrogen-bond acceptors (Lipinski definition) is 6. The van der Waals surface area contributed by atoms with Gasteiger partial charge in [0.05, 0.1) is 35.8 Å². The molecule has 0 bridgehead atoms. The predicted molar refractivity (Wildman–Crippen MR) is 136 cm³/mol. The number of aryl methyl sites for hydroxylation is 2. The van der Waals surface area contributed by atoms with Gasteiger partial charge in [0.15, 0.2) is 0 Å². The number of aliphatic hydroxyl groups excluding tert-OH is 1. The lowest BCUT2D eigenvalue weighted by Crippen LogP contribution is -2.39. The summed E-state index contributed by atoms with van der Waals surface area (Å²) in [7, 11) is 0. The van der Waals surface area contributed by atoms with Crippen LogP contribution in [0.2, 0.25) is 0 Å². The van der Waals surface area contributed by atoms with Crippen LogP contribution in [0.25, 0.3) is 5.69 Å². The van der Waals surface area contributed by atoms with Crippen LogP contribution in [-0.2, 0) is 16.0 Å². The van der Waals surface area contributed by atoms with Crippen molar-refractivity contribution in [2.24, 2.45) is 0 Å². The highest BCUT2D eigenvalue weighted by molar-refractivity contribution is 5.43. The molecule has 2 unspecified atom stereocenters. The maximum Gasteiger partial charge on any atom is 0.227 e. The Morgan fingerprint density at radius 3 is 2.60 bits per heavy atom. The quantitative estimate of drug-likeness (QED) is 0.408. The summed E-state index contributed by atoms with van der Waals surface area (Å²) >= 11 is 0. The van der Waals surface area contributed by atoms with Crippen LogP contribution in [0.4, 0.5) is 0 Å². The topological polar surface area (TPSA) is 69.0 Å². The molecule has 1 saturated heterocycles. The number of aliphatic hydroxyl groups is 1. The van der Waals surface area contributed by atoms with Crippen molar-refractivity contribution < 1.29 is 19.3 Å². The molecule has 0 aliphatic carbocycles. The Bertz CT molecular complexity index is 1050. The molecular weight excluding hydrogens is 442 g/mol. The second-order valence-corrected chi connectivity index (χ2v) is 9.17. The molecule has 0 amide bonds. The van der Waals surface area contributed by atoms with E-state index in [0.717, 1.165) is 48.7 Å². The fraction of sp³-hybridized carbons (Fsp3) is 0.464. The third-order valence-electron chi connectivity index (χ3n) is 6.22. The molecule has 0 radical (unpaired) electrons. The van der Waals surface area contributed by atoms with Crippen molar-refractivity contribution in [2.75, 3.05) is 32.9 Å². The van der Waals surface area contributed by atoms with Crippen molar-refractivity contribution in [3.8, 4) is 17.3 Å². The van der Waals surface area contributed by atoms with Crippen molar-refractivity contribution in [1.29, 1.82) is 0 Å². The van der Waals surface area contributed by atoms with E-state index in [1.165, 1.54) is 5.56 Å². The fourth-order valence-corrected chi connectivity index (χ4v) is 4.40. The third kappa shape index (κ3) is 6.92. The summed E-state index contributed by atoms with van der Waals surface area (Å²) in [5.74, 6) is 1.45. The van der Waals surface area contributed by atoms with E-state index in [2.05, 4.69) is 11.8 Å². The number of para-hydroxylation sites is 1. The van der Waals surface area contributed by atoms with E-state index in [4.69, 9.17) is 19.3 Å². The molecular formula is C28H37N3O4. The number of rotatable bonds is 12. The third-order valence-corrected chi connectivity index (χ3v) is 6.22. The Kier molecular flexibility index (Phi) is 8.93. The highest BCUT2D eigenvalue weighted by Crippen LogP contribution is 2.32. The molecule has 0 saturated carbocycles. The maximum absolute atomic E-state index is 10.6. The van der Waals surface area contributed by atoms with Gasteiger partial charge < -0.3 is 19.3 Å². The minimum atomic E-state index is -0.581. The van der Waals surface area contributed by atoms with Crippen LogP contribution in [-0.4, -0.2) is 64.9 Å². The molecule has 1 aromatic heterocycles.